The lowest BCUT2D eigenvalue weighted by atomic mass is 10.0. The van der Waals surface area contributed by atoms with Crippen molar-refractivity contribution in [1.82, 2.24) is 4.98 Å². The van der Waals surface area contributed by atoms with E-state index in [2.05, 4.69) is 14.7 Å². The highest BCUT2D eigenvalue weighted by Crippen LogP contribution is 2.16. The second kappa shape index (κ2) is 5.35. The van der Waals surface area contributed by atoms with Crippen molar-refractivity contribution >= 4 is 18.0 Å². The second-order valence-electron chi connectivity index (χ2n) is 3.70. The lowest BCUT2D eigenvalue weighted by molar-refractivity contribution is 0.0590. The molecule has 2 rings (SSSR count). The number of carbonyl (C=O) groups excluding carboxylic acids is 2. The van der Waals surface area contributed by atoms with E-state index >= 15 is 0 Å². The standard InChI is InChI=1S/C13H12N2O3/c1-18-13(17)11-9(5-4-8-15-11)12(16)10-6-2-3-7-14-10/h4-8H,2-3H2,1H3. The molecule has 0 saturated carbocycles. The van der Waals surface area contributed by atoms with E-state index in [9.17, 15) is 9.59 Å². The number of allylic oxidation sites excluding steroid dienone is 2. The number of nitrogens with zero attached hydrogens (tertiary/aromatic N) is 2. The van der Waals surface area contributed by atoms with Gasteiger partial charge in [-0.05, 0) is 25.0 Å². The van der Waals surface area contributed by atoms with Crippen molar-refractivity contribution in [2.24, 2.45) is 4.99 Å². The predicted octanol–water partition coefficient (Wildman–Crippen LogP) is 1.80. The molecule has 5 heteroatoms. The number of ether oxygens (including phenoxy) is 1. The molecule has 18 heavy (non-hydrogen) atoms. The molecule has 0 saturated heterocycles. The Hall–Kier alpha value is -2.30. The average molecular weight is 244 g/mol. The molecule has 0 N–H and O–H groups in total. The molecule has 0 aliphatic carbocycles. The first-order chi connectivity index (χ1) is 8.74. The average Bonchev–Trinajstić information content (AvgIpc) is 2.46. The summed E-state index contributed by atoms with van der Waals surface area (Å²) in [4.78, 5) is 31.7. The van der Waals surface area contributed by atoms with Gasteiger partial charge in [0.2, 0.25) is 5.78 Å². The normalized spacial score (nSPS) is 13.9. The molecule has 1 aromatic heterocycles. The van der Waals surface area contributed by atoms with E-state index in [4.69, 9.17) is 0 Å². The first-order valence-corrected chi connectivity index (χ1v) is 5.54. The molecule has 0 fully saturated rings. The molecule has 0 spiro atoms. The van der Waals surface area contributed by atoms with Crippen LogP contribution in [0.4, 0.5) is 0 Å². The van der Waals surface area contributed by atoms with E-state index in [1.54, 1.807) is 24.4 Å². The minimum atomic E-state index is -0.626. The van der Waals surface area contributed by atoms with Crippen molar-refractivity contribution in [2.45, 2.75) is 12.8 Å². The van der Waals surface area contributed by atoms with Crippen LogP contribution in [0.5, 0.6) is 0 Å². The van der Waals surface area contributed by atoms with Gasteiger partial charge < -0.3 is 4.74 Å². The minimum Gasteiger partial charge on any atom is -0.464 e. The number of hydrogen-bond donors (Lipinski definition) is 0. The summed E-state index contributed by atoms with van der Waals surface area (Å²) >= 11 is 0. The molecule has 0 bridgehead atoms. The van der Waals surface area contributed by atoms with Gasteiger partial charge in [-0.25, -0.2) is 9.78 Å². The van der Waals surface area contributed by atoms with E-state index in [0.29, 0.717) is 5.70 Å². The van der Waals surface area contributed by atoms with Gasteiger partial charge in [0, 0.05) is 12.4 Å². The van der Waals surface area contributed by atoms with Gasteiger partial charge in [0.25, 0.3) is 0 Å². The number of rotatable bonds is 3. The summed E-state index contributed by atoms with van der Waals surface area (Å²) < 4.78 is 4.60. The molecule has 2 heterocycles. The van der Waals surface area contributed by atoms with E-state index in [1.165, 1.54) is 13.3 Å². The van der Waals surface area contributed by atoms with Crippen LogP contribution in [0.15, 0.2) is 35.1 Å². The maximum Gasteiger partial charge on any atom is 0.357 e. The number of aromatic nitrogens is 1. The summed E-state index contributed by atoms with van der Waals surface area (Å²) in [5.41, 5.74) is 0.584. The summed E-state index contributed by atoms with van der Waals surface area (Å²) in [6.07, 6.45) is 6.51. The van der Waals surface area contributed by atoms with Gasteiger partial charge in [-0.2, -0.15) is 0 Å². The van der Waals surface area contributed by atoms with Crippen LogP contribution in [0, 0.1) is 0 Å². The zero-order chi connectivity index (χ0) is 13.0. The van der Waals surface area contributed by atoms with Crippen LogP contribution in [0.25, 0.3) is 0 Å². The first kappa shape index (κ1) is 12.2. The van der Waals surface area contributed by atoms with Crippen LogP contribution in [-0.4, -0.2) is 30.1 Å². The van der Waals surface area contributed by atoms with Crippen LogP contribution in [0.2, 0.25) is 0 Å². The quantitative estimate of drug-likeness (QED) is 0.600. The largest absolute Gasteiger partial charge is 0.464 e. The molecule has 0 amide bonds. The molecule has 0 atom stereocenters. The summed E-state index contributed by atoms with van der Waals surface area (Å²) in [6, 6.07) is 3.15. The van der Waals surface area contributed by atoms with Crippen molar-refractivity contribution in [2.75, 3.05) is 7.11 Å². The Morgan fingerprint density at radius 1 is 1.33 bits per heavy atom. The monoisotopic (exact) mass is 244 g/mol. The number of esters is 1. The third-order valence-corrected chi connectivity index (χ3v) is 2.53. The molecule has 0 aromatic carbocycles. The fourth-order valence-corrected chi connectivity index (χ4v) is 1.65. The summed E-state index contributed by atoms with van der Waals surface area (Å²) in [6.45, 7) is 0. The van der Waals surface area contributed by atoms with Crippen LogP contribution in [0.1, 0.15) is 33.7 Å². The minimum absolute atomic E-state index is 0.0201. The van der Waals surface area contributed by atoms with Gasteiger partial charge >= 0.3 is 5.97 Å². The highest BCUT2D eigenvalue weighted by molar-refractivity contribution is 6.14. The zero-order valence-electron chi connectivity index (χ0n) is 9.92. The van der Waals surface area contributed by atoms with Gasteiger partial charge in [-0.1, -0.05) is 6.08 Å². The Bertz CT molecular complexity index is 547. The third-order valence-electron chi connectivity index (χ3n) is 2.53. The third kappa shape index (κ3) is 2.34. The van der Waals surface area contributed by atoms with Crippen LogP contribution in [-0.2, 0) is 4.74 Å². The molecule has 1 aromatic rings. The Balaban J connectivity index is 2.39. The van der Waals surface area contributed by atoms with Gasteiger partial charge in [0.05, 0.1) is 12.7 Å². The van der Waals surface area contributed by atoms with Crippen molar-refractivity contribution in [1.29, 1.82) is 0 Å². The van der Waals surface area contributed by atoms with Crippen molar-refractivity contribution in [3.8, 4) is 0 Å². The Kier molecular flexibility index (Phi) is 3.62. The fourth-order valence-electron chi connectivity index (χ4n) is 1.65. The molecular formula is C13H12N2O3. The first-order valence-electron chi connectivity index (χ1n) is 5.54. The zero-order valence-corrected chi connectivity index (χ0v) is 9.92. The van der Waals surface area contributed by atoms with Crippen LogP contribution >= 0.6 is 0 Å². The van der Waals surface area contributed by atoms with Gasteiger partial charge in [-0.15, -0.1) is 0 Å². The van der Waals surface area contributed by atoms with E-state index in [0.717, 1.165) is 12.8 Å². The van der Waals surface area contributed by atoms with E-state index < -0.39 is 5.97 Å². The Morgan fingerprint density at radius 3 is 2.83 bits per heavy atom. The summed E-state index contributed by atoms with van der Waals surface area (Å²) in [5.74, 6) is -0.932. The lowest BCUT2D eigenvalue weighted by Gasteiger charge is -2.08. The number of hydrogen-bond acceptors (Lipinski definition) is 5. The fraction of sp³-hybridized carbons (Fsp3) is 0.231. The topological polar surface area (TPSA) is 68.6 Å². The van der Waals surface area contributed by atoms with Crippen molar-refractivity contribution < 1.29 is 14.3 Å². The summed E-state index contributed by atoms with van der Waals surface area (Å²) in [5, 5.41) is 0. The number of ketones is 1. The predicted molar refractivity (Wildman–Crippen MR) is 65.7 cm³/mol. The van der Waals surface area contributed by atoms with Crippen LogP contribution in [0.3, 0.4) is 0 Å². The Labute approximate surface area is 104 Å². The number of pyridine rings is 1. The number of methoxy groups -OCH3 is 1. The molecule has 1 aliphatic rings. The summed E-state index contributed by atoms with van der Waals surface area (Å²) in [7, 11) is 1.25. The van der Waals surface area contributed by atoms with Crippen molar-refractivity contribution in [3.05, 3.63) is 41.4 Å². The second-order valence-corrected chi connectivity index (χ2v) is 3.70. The van der Waals surface area contributed by atoms with Crippen LogP contribution < -0.4 is 0 Å². The lowest BCUT2D eigenvalue weighted by Crippen LogP contribution is -2.14. The molecule has 1 aliphatic heterocycles. The molecule has 5 nitrogen and oxygen atoms in total. The smallest absolute Gasteiger partial charge is 0.357 e. The van der Waals surface area contributed by atoms with Gasteiger partial charge in [0.15, 0.2) is 5.69 Å². The maximum absolute atomic E-state index is 12.2. The highest BCUT2D eigenvalue weighted by atomic mass is 16.5. The maximum atomic E-state index is 12.2. The molecule has 92 valence electrons. The number of Topliss-reactive ketones (excluding diaryl/α,β-unsaturated/α-hetero) is 1. The SMILES string of the molecule is COC(=O)c1ncccc1C(=O)C1=CCCC=N1. The number of carbonyl (C=O) groups is 2. The van der Waals surface area contributed by atoms with Crippen molar-refractivity contribution in [3.63, 3.8) is 0 Å². The molecule has 0 radical (unpaired) electrons. The molecule has 0 unspecified atom stereocenters. The van der Waals surface area contributed by atoms with E-state index in [-0.39, 0.29) is 17.0 Å². The Morgan fingerprint density at radius 2 is 2.17 bits per heavy atom. The highest BCUT2D eigenvalue weighted by Gasteiger charge is 2.21. The van der Waals surface area contributed by atoms with Gasteiger partial charge in [0.1, 0.15) is 5.70 Å². The molecular weight excluding hydrogens is 232 g/mol. The van der Waals surface area contributed by atoms with Gasteiger partial charge in [-0.3, -0.25) is 9.79 Å². The number of aliphatic imine (C=N–C) groups is 1. The van der Waals surface area contributed by atoms with E-state index in [1.807, 2.05) is 0 Å².